The summed E-state index contributed by atoms with van der Waals surface area (Å²) in [5, 5.41) is 13.7. The van der Waals surface area contributed by atoms with Gasteiger partial charge in [0.1, 0.15) is 18.1 Å². The van der Waals surface area contributed by atoms with E-state index in [2.05, 4.69) is 15.1 Å². The molecule has 1 aromatic carbocycles. The monoisotopic (exact) mass is 346 g/mol. The van der Waals surface area contributed by atoms with Crippen LogP contribution in [-0.2, 0) is 13.2 Å². The van der Waals surface area contributed by atoms with Crippen LogP contribution in [0.1, 0.15) is 11.5 Å². The predicted molar refractivity (Wildman–Crippen MR) is 90.3 cm³/mol. The Morgan fingerprint density at radius 2 is 2.12 bits per heavy atom. The van der Waals surface area contributed by atoms with Crippen LogP contribution >= 0.6 is 11.3 Å². The molecule has 2 heterocycles. The van der Waals surface area contributed by atoms with Crippen molar-refractivity contribution < 1.29 is 14.6 Å². The van der Waals surface area contributed by atoms with E-state index in [1.807, 2.05) is 25.1 Å². The molecule has 0 atom stereocenters. The fourth-order valence-corrected chi connectivity index (χ4v) is 3.02. The number of hydrogen-bond acceptors (Lipinski definition) is 7. The van der Waals surface area contributed by atoms with Gasteiger partial charge in [0.05, 0.1) is 36.3 Å². The Morgan fingerprint density at radius 1 is 1.29 bits per heavy atom. The lowest BCUT2D eigenvalue weighted by atomic mass is 10.3. The average molecular weight is 346 g/mol. The summed E-state index contributed by atoms with van der Waals surface area (Å²) in [5.41, 5.74) is 2.67. The van der Waals surface area contributed by atoms with Crippen LogP contribution in [-0.4, -0.2) is 38.6 Å². The molecule has 0 aliphatic carbocycles. The van der Waals surface area contributed by atoms with Gasteiger partial charge in [0, 0.05) is 6.07 Å². The lowest BCUT2D eigenvalue weighted by molar-refractivity contribution is 0.266. The van der Waals surface area contributed by atoms with Gasteiger partial charge in [0.15, 0.2) is 11.6 Å². The summed E-state index contributed by atoms with van der Waals surface area (Å²) in [4.78, 5) is 9.74. The molecule has 3 aromatic rings. The average Bonchev–Trinajstić information content (AvgIpc) is 3.19. The molecule has 126 valence electrons. The van der Waals surface area contributed by atoms with E-state index in [9.17, 15) is 5.11 Å². The summed E-state index contributed by atoms with van der Waals surface area (Å²) >= 11 is 1.50. The Morgan fingerprint density at radius 3 is 2.83 bits per heavy atom. The standard InChI is InChI=1S/C16H18N4O3S/c1-11-15(24-10-17-11)16-18-14(19-20(16)6-7-21)9-23-13-5-3-4-12(8-13)22-2/h3-5,8,10,21H,6-7,9H2,1-2H3. The molecule has 0 unspecified atom stereocenters. The van der Waals surface area contributed by atoms with Crippen LogP contribution in [0.15, 0.2) is 29.8 Å². The molecule has 0 aliphatic rings. The molecule has 0 aliphatic heterocycles. The maximum absolute atomic E-state index is 9.24. The number of aryl methyl sites for hydroxylation is 1. The van der Waals surface area contributed by atoms with Gasteiger partial charge in [-0.25, -0.2) is 14.6 Å². The van der Waals surface area contributed by atoms with Gasteiger partial charge in [0.2, 0.25) is 0 Å². The molecule has 2 aromatic heterocycles. The number of hydrogen-bond donors (Lipinski definition) is 1. The highest BCUT2D eigenvalue weighted by molar-refractivity contribution is 7.13. The molecule has 7 nitrogen and oxygen atoms in total. The maximum Gasteiger partial charge on any atom is 0.188 e. The highest BCUT2D eigenvalue weighted by Crippen LogP contribution is 2.26. The molecular weight excluding hydrogens is 328 g/mol. The van der Waals surface area contributed by atoms with Crippen molar-refractivity contribution in [2.45, 2.75) is 20.1 Å². The third-order valence-electron chi connectivity index (χ3n) is 3.39. The minimum atomic E-state index is -0.00953. The number of aliphatic hydroxyl groups is 1. The SMILES string of the molecule is COc1cccc(OCc2nc(-c3scnc3C)n(CCO)n2)c1. The van der Waals surface area contributed by atoms with Crippen LogP contribution in [0.25, 0.3) is 10.7 Å². The van der Waals surface area contributed by atoms with E-state index in [0.29, 0.717) is 23.9 Å². The first-order valence-corrected chi connectivity index (χ1v) is 8.31. The second kappa shape index (κ2) is 7.41. The minimum Gasteiger partial charge on any atom is -0.497 e. The number of ether oxygens (including phenoxy) is 2. The molecule has 0 spiro atoms. The zero-order valence-electron chi connectivity index (χ0n) is 13.5. The van der Waals surface area contributed by atoms with E-state index in [-0.39, 0.29) is 13.2 Å². The fraction of sp³-hybridized carbons (Fsp3) is 0.312. The molecule has 0 bridgehead atoms. The maximum atomic E-state index is 9.24. The van der Waals surface area contributed by atoms with Crippen molar-refractivity contribution >= 4 is 11.3 Å². The smallest absolute Gasteiger partial charge is 0.188 e. The van der Waals surface area contributed by atoms with Gasteiger partial charge in [-0.1, -0.05) is 6.07 Å². The van der Waals surface area contributed by atoms with Crippen molar-refractivity contribution in [3.63, 3.8) is 0 Å². The van der Waals surface area contributed by atoms with Crippen molar-refractivity contribution in [2.75, 3.05) is 13.7 Å². The fourth-order valence-electron chi connectivity index (χ4n) is 2.22. The van der Waals surface area contributed by atoms with Crippen LogP contribution in [0, 0.1) is 6.92 Å². The van der Waals surface area contributed by atoms with Crippen molar-refractivity contribution in [1.82, 2.24) is 19.7 Å². The van der Waals surface area contributed by atoms with Crippen molar-refractivity contribution in [3.05, 3.63) is 41.3 Å². The van der Waals surface area contributed by atoms with Gasteiger partial charge in [-0.05, 0) is 19.1 Å². The second-order valence-corrected chi connectivity index (χ2v) is 5.89. The van der Waals surface area contributed by atoms with Gasteiger partial charge >= 0.3 is 0 Å². The topological polar surface area (TPSA) is 82.3 Å². The summed E-state index contributed by atoms with van der Waals surface area (Å²) in [6.45, 7) is 2.52. The molecule has 3 rings (SSSR count). The van der Waals surface area contributed by atoms with Gasteiger partial charge in [-0.3, -0.25) is 0 Å². The Labute approximate surface area is 143 Å². The summed E-state index contributed by atoms with van der Waals surface area (Å²) in [5.74, 6) is 2.66. The first kappa shape index (κ1) is 16.4. The van der Waals surface area contributed by atoms with Crippen molar-refractivity contribution in [3.8, 4) is 22.2 Å². The Bertz CT molecular complexity index is 815. The zero-order chi connectivity index (χ0) is 16.9. The third-order valence-corrected chi connectivity index (χ3v) is 4.31. The van der Waals surface area contributed by atoms with Gasteiger partial charge < -0.3 is 14.6 Å². The third kappa shape index (κ3) is 3.55. The Hall–Kier alpha value is -2.45. The molecule has 8 heteroatoms. The van der Waals surface area contributed by atoms with Crippen LogP contribution < -0.4 is 9.47 Å². The normalized spacial score (nSPS) is 10.8. The number of benzene rings is 1. The Kier molecular flexibility index (Phi) is 5.07. The minimum absolute atomic E-state index is 0.00953. The number of aliphatic hydroxyl groups excluding tert-OH is 1. The zero-order valence-corrected chi connectivity index (χ0v) is 14.3. The van der Waals surface area contributed by atoms with Crippen LogP contribution in [0.4, 0.5) is 0 Å². The molecule has 0 saturated carbocycles. The first-order valence-electron chi connectivity index (χ1n) is 7.43. The number of aromatic nitrogens is 4. The molecule has 1 N–H and O–H groups in total. The van der Waals surface area contributed by atoms with Crippen molar-refractivity contribution in [1.29, 1.82) is 0 Å². The van der Waals surface area contributed by atoms with Crippen LogP contribution in [0.2, 0.25) is 0 Å². The Balaban J connectivity index is 1.80. The van der Waals surface area contributed by atoms with Gasteiger partial charge in [-0.2, -0.15) is 5.10 Å². The molecule has 0 amide bonds. The molecule has 0 fully saturated rings. The highest BCUT2D eigenvalue weighted by atomic mass is 32.1. The largest absolute Gasteiger partial charge is 0.497 e. The lowest BCUT2D eigenvalue weighted by Crippen LogP contribution is -2.06. The predicted octanol–water partition coefficient (Wildman–Crippen LogP) is 2.29. The molecule has 0 radical (unpaired) electrons. The summed E-state index contributed by atoms with van der Waals surface area (Å²) in [7, 11) is 1.61. The highest BCUT2D eigenvalue weighted by Gasteiger charge is 2.16. The molecular formula is C16H18N4O3S. The van der Waals surface area contributed by atoms with Gasteiger partial charge in [0.25, 0.3) is 0 Å². The quantitative estimate of drug-likeness (QED) is 0.707. The van der Waals surface area contributed by atoms with E-state index in [0.717, 1.165) is 16.3 Å². The van der Waals surface area contributed by atoms with Crippen LogP contribution in [0.3, 0.4) is 0 Å². The van der Waals surface area contributed by atoms with E-state index in [1.54, 1.807) is 23.4 Å². The first-order chi connectivity index (χ1) is 11.7. The molecule has 0 saturated heterocycles. The van der Waals surface area contributed by atoms with Crippen LogP contribution in [0.5, 0.6) is 11.5 Å². The number of methoxy groups -OCH3 is 1. The number of nitrogens with zero attached hydrogens (tertiary/aromatic N) is 4. The second-order valence-electron chi connectivity index (χ2n) is 5.03. The number of rotatable bonds is 7. The van der Waals surface area contributed by atoms with Crippen molar-refractivity contribution in [2.24, 2.45) is 0 Å². The van der Waals surface area contributed by atoms with E-state index < -0.39 is 0 Å². The van der Waals surface area contributed by atoms with Gasteiger partial charge in [-0.15, -0.1) is 11.3 Å². The lowest BCUT2D eigenvalue weighted by Gasteiger charge is -2.05. The summed E-state index contributed by atoms with van der Waals surface area (Å²) in [6.07, 6.45) is 0. The van der Waals surface area contributed by atoms with E-state index in [1.165, 1.54) is 11.3 Å². The van der Waals surface area contributed by atoms with E-state index >= 15 is 0 Å². The molecule has 24 heavy (non-hydrogen) atoms. The number of thiazole rings is 1. The summed E-state index contributed by atoms with van der Waals surface area (Å²) < 4.78 is 12.6. The summed E-state index contributed by atoms with van der Waals surface area (Å²) in [6, 6.07) is 7.37. The van der Waals surface area contributed by atoms with E-state index in [4.69, 9.17) is 9.47 Å².